The van der Waals surface area contributed by atoms with E-state index >= 15 is 0 Å². The Kier molecular flexibility index (Phi) is 2.47. The van der Waals surface area contributed by atoms with Crippen LogP contribution in [0.15, 0.2) is 18.2 Å². The maximum absolute atomic E-state index is 12.3. The molecule has 18 heavy (non-hydrogen) atoms. The molecular weight excluding hydrogens is 230 g/mol. The highest BCUT2D eigenvalue weighted by atomic mass is 16.3. The molecular formula is C13H15N3O2. The third-order valence-electron chi connectivity index (χ3n) is 3.46. The van der Waals surface area contributed by atoms with Gasteiger partial charge in [-0.15, -0.1) is 0 Å². The van der Waals surface area contributed by atoms with Gasteiger partial charge in [-0.2, -0.15) is 5.10 Å². The minimum atomic E-state index is -0.0591. The number of aromatic hydroxyl groups is 1. The highest BCUT2D eigenvalue weighted by Gasteiger charge is 2.26. The Morgan fingerprint density at radius 1 is 1.56 bits per heavy atom. The number of phenols is 1. The molecule has 3 rings (SSSR count). The smallest absolute Gasteiger partial charge is 0.275 e. The summed E-state index contributed by atoms with van der Waals surface area (Å²) < 4.78 is 0. The standard InChI is InChI=1S/C13H15N3O2/c1-8-4-5-16(7-8)13(18)12-10-6-9(17)2-3-11(10)14-15-12/h2-3,6,8,17H,4-5,7H2,1H3,(H,14,15). The Morgan fingerprint density at radius 3 is 3.11 bits per heavy atom. The van der Waals surface area contributed by atoms with Crippen molar-refractivity contribution in [2.75, 3.05) is 13.1 Å². The van der Waals surface area contributed by atoms with E-state index in [4.69, 9.17) is 0 Å². The summed E-state index contributed by atoms with van der Waals surface area (Å²) in [5.74, 6) is 0.636. The topological polar surface area (TPSA) is 69.2 Å². The average molecular weight is 245 g/mol. The van der Waals surface area contributed by atoms with Crippen LogP contribution < -0.4 is 0 Å². The van der Waals surface area contributed by atoms with E-state index in [1.807, 2.05) is 4.90 Å². The number of nitrogens with zero attached hydrogens (tertiary/aromatic N) is 2. The number of H-pyrrole nitrogens is 1. The van der Waals surface area contributed by atoms with Gasteiger partial charge in [-0.3, -0.25) is 9.89 Å². The molecule has 94 valence electrons. The largest absolute Gasteiger partial charge is 0.508 e. The van der Waals surface area contributed by atoms with Crippen LogP contribution >= 0.6 is 0 Å². The van der Waals surface area contributed by atoms with Gasteiger partial charge in [0.05, 0.1) is 5.52 Å². The van der Waals surface area contributed by atoms with Crippen molar-refractivity contribution >= 4 is 16.8 Å². The number of likely N-dealkylation sites (tertiary alicyclic amines) is 1. The second-order valence-electron chi connectivity index (χ2n) is 4.95. The molecule has 0 bridgehead atoms. The predicted octanol–water partition coefficient (Wildman–Crippen LogP) is 1.75. The molecule has 1 fully saturated rings. The Morgan fingerprint density at radius 2 is 2.39 bits per heavy atom. The molecule has 1 amide bonds. The quantitative estimate of drug-likeness (QED) is 0.804. The van der Waals surface area contributed by atoms with Gasteiger partial charge in [0, 0.05) is 18.5 Å². The van der Waals surface area contributed by atoms with Crippen LogP contribution in [0.5, 0.6) is 5.75 Å². The highest BCUT2D eigenvalue weighted by molar-refractivity contribution is 6.05. The first-order chi connectivity index (χ1) is 8.65. The number of aromatic nitrogens is 2. The third kappa shape index (κ3) is 1.72. The number of carbonyl (C=O) groups is 1. The summed E-state index contributed by atoms with van der Waals surface area (Å²) in [6, 6.07) is 4.87. The fourth-order valence-corrected chi connectivity index (χ4v) is 2.43. The van der Waals surface area contributed by atoms with Gasteiger partial charge < -0.3 is 10.0 Å². The van der Waals surface area contributed by atoms with Crippen molar-refractivity contribution in [2.45, 2.75) is 13.3 Å². The van der Waals surface area contributed by atoms with Crippen molar-refractivity contribution in [3.63, 3.8) is 0 Å². The number of rotatable bonds is 1. The number of phenolic OH excluding ortho intramolecular Hbond substituents is 1. The van der Waals surface area contributed by atoms with Gasteiger partial charge in [0.1, 0.15) is 5.75 Å². The molecule has 1 aliphatic heterocycles. The van der Waals surface area contributed by atoms with Crippen LogP contribution in [0.4, 0.5) is 0 Å². The van der Waals surface area contributed by atoms with Gasteiger partial charge in [0.15, 0.2) is 5.69 Å². The second kappa shape index (κ2) is 4.01. The first kappa shape index (κ1) is 11.1. The van der Waals surface area contributed by atoms with Crippen molar-refractivity contribution in [2.24, 2.45) is 5.92 Å². The first-order valence-corrected chi connectivity index (χ1v) is 6.11. The van der Waals surface area contributed by atoms with Crippen molar-refractivity contribution in [3.8, 4) is 5.75 Å². The molecule has 5 heteroatoms. The highest BCUT2D eigenvalue weighted by Crippen LogP contribution is 2.24. The SMILES string of the molecule is CC1CCN(C(=O)c2n[nH]c3ccc(O)cc23)C1. The minimum absolute atomic E-state index is 0.0591. The van der Waals surface area contributed by atoms with Crippen LogP contribution in [0.2, 0.25) is 0 Å². The van der Waals surface area contributed by atoms with Crippen molar-refractivity contribution in [1.82, 2.24) is 15.1 Å². The van der Waals surface area contributed by atoms with E-state index in [9.17, 15) is 9.90 Å². The molecule has 5 nitrogen and oxygen atoms in total. The molecule has 1 saturated heterocycles. The maximum Gasteiger partial charge on any atom is 0.275 e. The van der Waals surface area contributed by atoms with E-state index < -0.39 is 0 Å². The summed E-state index contributed by atoms with van der Waals surface area (Å²) in [6.45, 7) is 3.71. The number of hydrogen-bond donors (Lipinski definition) is 2. The number of aromatic amines is 1. The molecule has 2 N–H and O–H groups in total. The molecule has 1 atom stereocenters. The van der Waals surface area contributed by atoms with E-state index in [-0.39, 0.29) is 11.7 Å². The molecule has 2 aromatic rings. The summed E-state index contributed by atoms with van der Waals surface area (Å²) in [4.78, 5) is 14.2. The number of benzene rings is 1. The zero-order valence-corrected chi connectivity index (χ0v) is 10.2. The van der Waals surface area contributed by atoms with Crippen molar-refractivity contribution in [1.29, 1.82) is 0 Å². The average Bonchev–Trinajstić information content (AvgIpc) is 2.94. The predicted molar refractivity (Wildman–Crippen MR) is 67.4 cm³/mol. The Bertz CT molecular complexity index is 605. The van der Waals surface area contributed by atoms with E-state index in [1.54, 1.807) is 18.2 Å². The van der Waals surface area contributed by atoms with Gasteiger partial charge in [0.2, 0.25) is 0 Å². The zero-order chi connectivity index (χ0) is 12.7. The Hall–Kier alpha value is -2.04. The zero-order valence-electron chi connectivity index (χ0n) is 10.2. The molecule has 2 heterocycles. The van der Waals surface area contributed by atoms with E-state index in [1.165, 1.54) is 0 Å². The monoisotopic (exact) mass is 245 g/mol. The van der Waals surface area contributed by atoms with Gasteiger partial charge >= 0.3 is 0 Å². The molecule has 1 aromatic heterocycles. The lowest BCUT2D eigenvalue weighted by molar-refractivity contribution is 0.0784. The molecule has 1 aromatic carbocycles. The lowest BCUT2D eigenvalue weighted by Gasteiger charge is -2.14. The number of amides is 1. The fraction of sp³-hybridized carbons (Fsp3) is 0.385. The third-order valence-corrected chi connectivity index (χ3v) is 3.46. The number of fused-ring (bicyclic) bond motifs is 1. The van der Waals surface area contributed by atoms with Crippen molar-refractivity contribution < 1.29 is 9.90 Å². The van der Waals surface area contributed by atoms with Gasteiger partial charge in [-0.25, -0.2) is 0 Å². The van der Waals surface area contributed by atoms with Gasteiger partial charge in [-0.05, 0) is 30.5 Å². The second-order valence-corrected chi connectivity index (χ2v) is 4.95. The molecule has 1 aliphatic rings. The Labute approximate surface area is 104 Å². The van der Waals surface area contributed by atoms with Crippen LogP contribution in [0, 0.1) is 5.92 Å². The van der Waals surface area contributed by atoms with E-state index in [0.717, 1.165) is 25.0 Å². The number of nitrogens with one attached hydrogen (secondary N) is 1. The summed E-state index contributed by atoms with van der Waals surface area (Å²) in [7, 11) is 0. The molecule has 0 aliphatic carbocycles. The summed E-state index contributed by atoms with van der Waals surface area (Å²) in [5.41, 5.74) is 1.17. The summed E-state index contributed by atoms with van der Waals surface area (Å²) in [5, 5.41) is 17.1. The lowest BCUT2D eigenvalue weighted by atomic mass is 10.2. The summed E-state index contributed by atoms with van der Waals surface area (Å²) >= 11 is 0. The molecule has 0 radical (unpaired) electrons. The first-order valence-electron chi connectivity index (χ1n) is 6.11. The van der Waals surface area contributed by atoms with Crippen molar-refractivity contribution in [3.05, 3.63) is 23.9 Å². The van der Waals surface area contributed by atoms with Crippen LogP contribution in [0.3, 0.4) is 0 Å². The van der Waals surface area contributed by atoms with Gasteiger partial charge in [0.25, 0.3) is 5.91 Å². The summed E-state index contributed by atoms with van der Waals surface area (Å²) in [6.07, 6.45) is 1.04. The van der Waals surface area contributed by atoms with E-state index in [2.05, 4.69) is 17.1 Å². The van der Waals surface area contributed by atoms with Gasteiger partial charge in [-0.1, -0.05) is 6.92 Å². The number of carbonyl (C=O) groups excluding carboxylic acids is 1. The molecule has 0 spiro atoms. The molecule has 1 unspecified atom stereocenters. The van der Waals surface area contributed by atoms with Crippen LogP contribution in [0.25, 0.3) is 10.9 Å². The van der Waals surface area contributed by atoms with Crippen LogP contribution in [-0.4, -0.2) is 39.2 Å². The normalized spacial score (nSPS) is 19.6. The minimum Gasteiger partial charge on any atom is -0.508 e. The van der Waals surface area contributed by atoms with Crippen LogP contribution in [-0.2, 0) is 0 Å². The van der Waals surface area contributed by atoms with E-state index in [0.29, 0.717) is 17.0 Å². The maximum atomic E-state index is 12.3. The van der Waals surface area contributed by atoms with Crippen LogP contribution in [0.1, 0.15) is 23.8 Å². The molecule has 0 saturated carbocycles. The fourth-order valence-electron chi connectivity index (χ4n) is 2.43. The number of hydrogen-bond acceptors (Lipinski definition) is 3. The lowest BCUT2D eigenvalue weighted by Crippen LogP contribution is -2.28. The Balaban J connectivity index is 1.99.